The summed E-state index contributed by atoms with van der Waals surface area (Å²) in [6, 6.07) is 0. The molecule has 3 N–H and O–H groups in total. The van der Waals surface area contributed by atoms with Gasteiger partial charge in [0.05, 0.1) is 6.54 Å². The quantitative estimate of drug-likeness (QED) is 0.422. The molecule has 0 heterocycles. The zero-order chi connectivity index (χ0) is 12.9. The highest BCUT2D eigenvalue weighted by Gasteiger charge is 2.09. The van der Waals surface area contributed by atoms with E-state index in [4.69, 9.17) is 15.2 Å². The van der Waals surface area contributed by atoms with Gasteiger partial charge in [0.1, 0.15) is 0 Å². The molecule has 5 heteroatoms. The Kier molecular flexibility index (Phi) is 11.4. The van der Waals surface area contributed by atoms with E-state index in [-0.39, 0.29) is 12.2 Å². The van der Waals surface area contributed by atoms with Crippen LogP contribution in [0.1, 0.15) is 39.5 Å². The van der Waals surface area contributed by atoms with Crippen molar-refractivity contribution in [1.29, 1.82) is 0 Å². The first-order valence-electron chi connectivity index (χ1n) is 6.44. The van der Waals surface area contributed by atoms with Gasteiger partial charge in [0.25, 0.3) is 0 Å². The molecule has 0 unspecified atom stereocenters. The lowest BCUT2D eigenvalue weighted by molar-refractivity contribution is -0.140. The van der Waals surface area contributed by atoms with Crippen molar-refractivity contribution < 1.29 is 14.3 Å². The van der Waals surface area contributed by atoms with Gasteiger partial charge in [-0.25, -0.2) is 0 Å². The van der Waals surface area contributed by atoms with Crippen LogP contribution in [0.3, 0.4) is 0 Å². The zero-order valence-electron chi connectivity index (χ0n) is 11.0. The molecule has 0 saturated heterocycles. The highest BCUT2D eigenvalue weighted by molar-refractivity contribution is 5.75. The summed E-state index contributed by atoms with van der Waals surface area (Å²) in [5, 5.41) is 2.81. The molecule has 0 aliphatic rings. The molecule has 0 saturated carbocycles. The molecule has 0 aromatic rings. The van der Waals surface area contributed by atoms with Crippen LogP contribution >= 0.6 is 0 Å². The van der Waals surface area contributed by atoms with Crippen LogP contribution < -0.4 is 11.1 Å². The predicted octanol–water partition coefficient (Wildman–Crippen LogP) is 1.02. The topological polar surface area (TPSA) is 73.6 Å². The van der Waals surface area contributed by atoms with Gasteiger partial charge in [-0.1, -0.05) is 6.42 Å². The molecule has 0 atom stereocenters. The minimum atomic E-state index is -0.335. The largest absolute Gasteiger partial charge is 0.351 e. The first-order chi connectivity index (χ1) is 8.24. The van der Waals surface area contributed by atoms with E-state index in [0.717, 1.165) is 19.3 Å². The number of amides is 1. The summed E-state index contributed by atoms with van der Waals surface area (Å²) in [6.07, 6.45) is 3.08. The molecule has 0 radical (unpaired) electrons. The van der Waals surface area contributed by atoms with Gasteiger partial charge >= 0.3 is 0 Å². The Morgan fingerprint density at radius 3 is 2.35 bits per heavy atom. The van der Waals surface area contributed by atoms with Crippen molar-refractivity contribution in [2.45, 2.75) is 45.8 Å². The van der Waals surface area contributed by atoms with E-state index in [2.05, 4.69) is 5.32 Å². The Balaban J connectivity index is 3.57. The van der Waals surface area contributed by atoms with Crippen LogP contribution in [0.15, 0.2) is 0 Å². The number of carbonyl (C=O) groups is 1. The fraction of sp³-hybridized carbons (Fsp3) is 0.917. The third kappa shape index (κ3) is 10.2. The van der Waals surface area contributed by atoms with Crippen molar-refractivity contribution in [3.63, 3.8) is 0 Å². The molecule has 0 rings (SSSR count). The van der Waals surface area contributed by atoms with E-state index in [9.17, 15) is 4.79 Å². The lowest BCUT2D eigenvalue weighted by Gasteiger charge is -2.17. The van der Waals surface area contributed by atoms with Crippen LogP contribution in [0.2, 0.25) is 0 Å². The van der Waals surface area contributed by atoms with Crippen molar-refractivity contribution in [1.82, 2.24) is 5.32 Å². The van der Waals surface area contributed by atoms with Gasteiger partial charge in [-0.15, -0.1) is 0 Å². The van der Waals surface area contributed by atoms with Gasteiger partial charge in [-0.05, 0) is 33.2 Å². The summed E-state index contributed by atoms with van der Waals surface area (Å²) < 4.78 is 10.6. The third-order valence-corrected chi connectivity index (χ3v) is 2.28. The first kappa shape index (κ1) is 16.4. The van der Waals surface area contributed by atoms with Crippen LogP contribution in [-0.2, 0) is 14.3 Å². The van der Waals surface area contributed by atoms with Crippen molar-refractivity contribution >= 4 is 5.91 Å². The van der Waals surface area contributed by atoms with E-state index in [1.54, 1.807) is 0 Å². The van der Waals surface area contributed by atoms with Crippen LogP contribution in [0.5, 0.6) is 0 Å². The van der Waals surface area contributed by atoms with Crippen LogP contribution in [-0.4, -0.2) is 38.5 Å². The summed E-state index contributed by atoms with van der Waals surface area (Å²) >= 11 is 0. The molecule has 0 spiro atoms. The average molecular weight is 246 g/mol. The molecule has 0 bridgehead atoms. The lowest BCUT2D eigenvalue weighted by Crippen LogP contribution is -2.35. The number of unbranched alkanes of at least 4 members (excludes halogenated alkanes) is 2. The summed E-state index contributed by atoms with van der Waals surface area (Å²) in [4.78, 5) is 11.5. The van der Waals surface area contributed by atoms with E-state index in [0.29, 0.717) is 32.7 Å². The number of nitrogens with two attached hydrogens (primary N) is 1. The Morgan fingerprint density at radius 1 is 1.18 bits per heavy atom. The van der Waals surface area contributed by atoms with E-state index in [1.165, 1.54) is 0 Å². The van der Waals surface area contributed by atoms with Gasteiger partial charge < -0.3 is 20.5 Å². The van der Waals surface area contributed by atoms with Crippen LogP contribution in [0, 0.1) is 0 Å². The van der Waals surface area contributed by atoms with Crippen molar-refractivity contribution in [3.8, 4) is 0 Å². The second kappa shape index (κ2) is 11.8. The number of nitrogens with one attached hydrogen (secondary N) is 1. The smallest absolute Gasteiger partial charge is 0.220 e. The molecule has 17 heavy (non-hydrogen) atoms. The molecule has 0 aromatic carbocycles. The monoisotopic (exact) mass is 246 g/mol. The maximum atomic E-state index is 11.5. The standard InChI is InChI=1S/C12H26N2O3/c1-3-16-12(17-4-2)10-14-11(15)8-6-5-7-9-13/h12H,3-10,13H2,1-2H3,(H,14,15). The molecule has 1 amide bonds. The van der Waals surface area contributed by atoms with Gasteiger partial charge in [0.15, 0.2) is 6.29 Å². The molecular weight excluding hydrogens is 220 g/mol. The average Bonchev–Trinajstić information content (AvgIpc) is 2.32. The van der Waals surface area contributed by atoms with Crippen molar-refractivity contribution in [3.05, 3.63) is 0 Å². The molecule has 0 aliphatic heterocycles. The number of hydrogen-bond acceptors (Lipinski definition) is 4. The van der Waals surface area contributed by atoms with Gasteiger partial charge in [0.2, 0.25) is 5.91 Å². The second-order valence-electron chi connectivity index (χ2n) is 3.74. The molecular formula is C12H26N2O3. The van der Waals surface area contributed by atoms with Crippen LogP contribution in [0.25, 0.3) is 0 Å². The summed E-state index contributed by atoms with van der Waals surface area (Å²) in [7, 11) is 0. The SMILES string of the molecule is CCOC(CNC(=O)CCCCCN)OCC. The minimum Gasteiger partial charge on any atom is -0.351 e. The molecule has 5 nitrogen and oxygen atoms in total. The normalized spacial score (nSPS) is 10.8. The molecule has 0 aliphatic carbocycles. The third-order valence-electron chi connectivity index (χ3n) is 2.28. The Labute approximate surface area is 104 Å². The summed E-state index contributed by atoms with van der Waals surface area (Å²) in [6.45, 7) is 6.07. The van der Waals surface area contributed by atoms with E-state index < -0.39 is 0 Å². The summed E-state index contributed by atoms with van der Waals surface area (Å²) in [5.74, 6) is 0.0476. The predicted molar refractivity (Wildman–Crippen MR) is 67.6 cm³/mol. The fourth-order valence-corrected chi connectivity index (χ4v) is 1.43. The molecule has 0 aromatic heterocycles. The van der Waals surface area contributed by atoms with E-state index in [1.807, 2.05) is 13.8 Å². The maximum absolute atomic E-state index is 11.5. The van der Waals surface area contributed by atoms with Crippen molar-refractivity contribution in [2.24, 2.45) is 5.73 Å². The Morgan fingerprint density at radius 2 is 1.82 bits per heavy atom. The second-order valence-corrected chi connectivity index (χ2v) is 3.74. The number of carbonyl (C=O) groups excluding carboxylic acids is 1. The minimum absolute atomic E-state index is 0.0476. The fourth-order valence-electron chi connectivity index (χ4n) is 1.43. The first-order valence-corrected chi connectivity index (χ1v) is 6.44. The zero-order valence-corrected chi connectivity index (χ0v) is 11.0. The highest BCUT2D eigenvalue weighted by Crippen LogP contribution is 1.99. The van der Waals surface area contributed by atoms with Gasteiger partial charge in [-0.2, -0.15) is 0 Å². The highest BCUT2D eigenvalue weighted by atomic mass is 16.7. The number of rotatable bonds is 11. The molecule has 102 valence electrons. The Hall–Kier alpha value is -0.650. The maximum Gasteiger partial charge on any atom is 0.220 e. The van der Waals surface area contributed by atoms with E-state index >= 15 is 0 Å². The summed E-state index contributed by atoms with van der Waals surface area (Å²) in [5.41, 5.74) is 5.38. The lowest BCUT2D eigenvalue weighted by atomic mass is 10.2. The van der Waals surface area contributed by atoms with Gasteiger partial charge in [0, 0.05) is 19.6 Å². The molecule has 0 fully saturated rings. The Bertz CT molecular complexity index is 183. The number of ether oxygens (including phenoxy) is 2. The van der Waals surface area contributed by atoms with Crippen molar-refractivity contribution in [2.75, 3.05) is 26.3 Å². The number of hydrogen-bond donors (Lipinski definition) is 2. The van der Waals surface area contributed by atoms with Crippen LogP contribution in [0.4, 0.5) is 0 Å². The van der Waals surface area contributed by atoms with Gasteiger partial charge in [-0.3, -0.25) is 4.79 Å².